The molecule has 0 unspecified atom stereocenters. The van der Waals surface area contributed by atoms with Gasteiger partial charge in [-0.3, -0.25) is 9.59 Å². The van der Waals surface area contributed by atoms with Gasteiger partial charge >= 0.3 is 0 Å². The van der Waals surface area contributed by atoms with Crippen molar-refractivity contribution < 1.29 is 14.3 Å². The van der Waals surface area contributed by atoms with Gasteiger partial charge in [-0.05, 0) is 53.8 Å². The molecule has 1 aliphatic rings. The maximum Gasteiger partial charge on any atom is 0.262 e. The number of hydrogen-bond donors (Lipinski definition) is 2. The number of ether oxygens (including phenoxy) is 1. The highest BCUT2D eigenvalue weighted by Gasteiger charge is 2.15. The van der Waals surface area contributed by atoms with Crippen LogP contribution in [0, 0.1) is 0 Å². The summed E-state index contributed by atoms with van der Waals surface area (Å²) in [5.74, 6) is 0.434. The van der Waals surface area contributed by atoms with Crippen LogP contribution in [0.4, 0.5) is 11.4 Å². The van der Waals surface area contributed by atoms with E-state index in [1.54, 1.807) is 6.07 Å². The van der Waals surface area contributed by atoms with E-state index in [9.17, 15) is 9.59 Å². The van der Waals surface area contributed by atoms with Gasteiger partial charge in [-0.1, -0.05) is 48.5 Å². The molecule has 4 rings (SSSR count). The van der Waals surface area contributed by atoms with E-state index in [-0.39, 0.29) is 18.4 Å². The zero-order chi connectivity index (χ0) is 20.1. The van der Waals surface area contributed by atoms with Gasteiger partial charge in [0, 0.05) is 17.8 Å². The number of amides is 2. The number of fused-ring (bicyclic) bond motifs is 1. The monoisotopic (exact) mass is 386 g/mol. The van der Waals surface area contributed by atoms with E-state index in [0.29, 0.717) is 18.6 Å². The minimum atomic E-state index is -0.212. The van der Waals surface area contributed by atoms with Crippen molar-refractivity contribution >= 4 is 23.2 Å². The minimum Gasteiger partial charge on any atom is -0.484 e. The van der Waals surface area contributed by atoms with Gasteiger partial charge in [-0.15, -0.1) is 0 Å². The SMILES string of the molecule is O=C1CCc2cc(OCC(=O)Nc3ccccc3Cc3ccccc3)ccc2N1. The van der Waals surface area contributed by atoms with Crippen LogP contribution in [0.2, 0.25) is 0 Å². The Bertz CT molecular complexity index is 1030. The molecule has 1 heterocycles. The maximum absolute atomic E-state index is 12.4. The Morgan fingerprint density at radius 3 is 2.62 bits per heavy atom. The van der Waals surface area contributed by atoms with E-state index >= 15 is 0 Å². The number of carbonyl (C=O) groups excluding carboxylic acids is 2. The Morgan fingerprint density at radius 2 is 1.76 bits per heavy atom. The zero-order valence-electron chi connectivity index (χ0n) is 16.0. The average Bonchev–Trinajstić information content (AvgIpc) is 2.74. The van der Waals surface area contributed by atoms with Gasteiger partial charge in [0.1, 0.15) is 5.75 Å². The van der Waals surface area contributed by atoms with Crippen molar-refractivity contribution in [2.24, 2.45) is 0 Å². The predicted molar refractivity (Wildman–Crippen MR) is 113 cm³/mol. The third kappa shape index (κ3) is 4.82. The van der Waals surface area contributed by atoms with Crippen LogP contribution in [-0.2, 0) is 22.4 Å². The van der Waals surface area contributed by atoms with Gasteiger partial charge in [0.05, 0.1) is 0 Å². The molecule has 0 fully saturated rings. The Hall–Kier alpha value is -3.60. The molecule has 0 atom stereocenters. The van der Waals surface area contributed by atoms with E-state index in [2.05, 4.69) is 22.8 Å². The molecule has 0 aromatic heterocycles. The van der Waals surface area contributed by atoms with Gasteiger partial charge in [0.2, 0.25) is 5.91 Å². The fraction of sp³-hybridized carbons (Fsp3) is 0.167. The van der Waals surface area contributed by atoms with Crippen LogP contribution in [-0.4, -0.2) is 18.4 Å². The number of aryl methyl sites for hydroxylation is 1. The Labute approximate surface area is 169 Å². The fourth-order valence-corrected chi connectivity index (χ4v) is 3.40. The summed E-state index contributed by atoms with van der Waals surface area (Å²) in [5.41, 5.74) is 4.87. The number of benzene rings is 3. The van der Waals surface area contributed by atoms with Crippen LogP contribution < -0.4 is 15.4 Å². The lowest BCUT2D eigenvalue weighted by molar-refractivity contribution is -0.118. The second kappa shape index (κ2) is 8.61. The van der Waals surface area contributed by atoms with Crippen molar-refractivity contribution in [3.8, 4) is 5.75 Å². The van der Waals surface area contributed by atoms with Crippen LogP contribution in [0.25, 0.3) is 0 Å². The van der Waals surface area contributed by atoms with Crippen molar-refractivity contribution in [1.29, 1.82) is 0 Å². The number of hydrogen-bond acceptors (Lipinski definition) is 3. The maximum atomic E-state index is 12.4. The first-order valence-corrected chi connectivity index (χ1v) is 9.64. The highest BCUT2D eigenvalue weighted by molar-refractivity contribution is 5.94. The Morgan fingerprint density at radius 1 is 0.966 bits per heavy atom. The molecule has 0 saturated carbocycles. The molecular formula is C24H22N2O3. The molecular weight excluding hydrogens is 364 g/mol. The highest BCUT2D eigenvalue weighted by Crippen LogP contribution is 2.27. The molecule has 146 valence electrons. The third-order valence-corrected chi connectivity index (χ3v) is 4.87. The second-order valence-corrected chi connectivity index (χ2v) is 7.02. The smallest absolute Gasteiger partial charge is 0.262 e. The van der Waals surface area contributed by atoms with Crippen LogP contribution in [0.15, 0.2) is 72.8 Å². The molecule has 5 nitrogen and oxygen atoms in total. The predicted octanol–water partition coefficient (Wildman–Crippen LogP) is 4.18. The minimum absolute atomic E-state index is 0.0275. The van der Waals surface area contributed by atoms with E-state index in [1.165, 1.54) is 5.56 Å². The molecule has 2 N–H and O–H groups in total. The molecule has 0 radical (unpaired) electrons. The number of para-hydroxylation sites is 1. The summed E-state index contributed by atoms with van der Waals surface area (Å²) < 4.78 is 5.67. The van der Waals surface area contributed by atoms with Crippen molar-refractivity contribution in [3.63, 3.8) is 0 Å². The first-order chi connectivity index (χ1) is 14.2. The van der Waals surface area contributed by atoms with Gasteiger partial charge in [0.15, 0.2) is 6.61 Å². The molecule has 29 heavy (non-hydrogen) atoms. The van der Waals surface area contributed by atoms with E-state index < -0.39 is 0 Å². The van der Waals surface area contributed by atoms with Crippen LogP contribution in [0.3, 0.4) is 0 Å². The summed E-state index contributed by atoms with van der Waals surface area (Å²) in [4.78, 5) is 23.9. The zero-order valence-corrected chi connectivity index (χ0v) is 16.0. The summed E-state index contributed by atoms with van der Waals surface area (Å²) in [5, 5.41) is 5.79. The molecule has 3 aromatic carbocycles. The van der Waals surface area contributed by atoms with Crippen LogP contribution in [0.5, 0.6) is 5.75 Å². The second-order valence-electron chi connectivity index (χ2n) is 7.02. The summed E-state index contributed by atoms with van der Waals surface area (Å²) in [6.45, 7) is -0.0786. The number of anilines is 2. The normalized spacial score (nSPS) is 12.6. The summed E-state index contributed by atoms with van der Waals surface area (Å²) in [7, 11) is 0. The van der Waals surface area contributed by atoms with Crippen LogP contribution in [0.1, 0.15) is 23.1 Å². The first kappa shape index (κ1) is 18.7. The number of rotatable bonds is 6. The fourth-order valence-electron chi connectivity index (χ4n) is 3.40. The molecule has 0 spiro atoms. The van der Waals surface area contributed by atoms with Gasteiger partial charge in [-0.25, -0.2) is 0 Å². The summed E-state index contributed by atoms with van der Waals surface area (Å²) in [6.07, 6.45) is 1.89. The Kier molecular flexibility index (Phi) is 5.56. The molecule has 2 amide bonds. The standard InChI is InChI=1S/C24H22N2O3/c27-23-13-10-19-15-20(11-12-22(19)25-23)29-16-24(28)26-21-9-5-4-8-18(21)14-17-6-2-1-3-7-17/h1-9,11-12,15H,10,13-14,16H2,(H,25,27)(H,26,28). The third-order valence-electron chi connectivity index (χ3n) is 4.87. The van der Waals surface area contributed by atoms with Crippen molar-refractivity contribution in [2.75, 3.05) is 17.2 Å². The summed E-state index contributed by atoms with van der Waals surface area (Å²) in [6, 6.07) is 23.4. The van der Waals surface area contributed by atoms with Gasteiger partial charge in [-0.2, -0.15) is 0 Å². The Balaban J connectivity index is 1.37. The lowest BCUT2D eigenvalue weighted by Crippen LogP contribution is -2.21. The average molecular weight is 386 g/mol. The van der Waals surface area contributed by atoms with Gasteiger partial charge in [0.25, 0.3) is 5.91 Å². The number of carbonyl (C=O) groups is 2. The quantitative estimate of drug-likeness (QED) is 0.668. The van der Waals surface area contributed by atoms with Gasteiger partial charge < -0.3 is 15.4 Å². The first-order valence-electron chi connectivity index (χ1n) is 9.64. The molecule has 1 aliphatic heterocycles. The number of nitrogens with one attached hydrogen (secondary N) is 2. The lowest BCUT2D eigenvalue weighted by atomic mass is 10.0. The highest BCUT2D eigenvalue weighted by atomic mass is 16.5. The largest absolute Gasteiger partial charge is 0.484 e. The van der Waals surface area contributed by atoms with E-state index in [4.69, 9.17) is 4.74 Å². The molecule has 3 aromatic rings. The molecule has 5 heteroatoms. The molecule has 0 aliphatic carbocycles. The lowest BCUT2D eigenvalue weighted by Gasteiger charge is -2.17. The van der Waals surface area contributed by atoms with E-state index in [0.717, 1.165) is 28.9 Å². The summed E-state index contributed by atoms with van der Waals surface area (Å²) >= 11 is 0. The van der Waals surface area contributed by atoms with Crippen molar-refractivity contribution in [2.45, 2.75) is 19.3 Å². The van der Waals surface area contributed by atoms with Crippen LogP contribution >= 0.6 is 0 Å². The topological polar surface area (TPSA) is 67.4 Å². The molecule has 0 bridgehead atoms. The van der Waals surface area contributed by atoms with E-state index in [1.807, 2.05) is 54.6 Å². The van der Waals surface area contributed by atoms with Crippen molar-refractivity contribution in [3.05, 3.63) is 89.5 Å². The molecule has 0 saturated heterocycles. The van der Waals surface area contributed by atoms with Crippen molar-refractivity contribution in [1.82, 2.24) is 0 Å².